The second-order valence-corrected chi connectivity index (χ2v) is 8.77. The molecule has 0 spiro atoms. The van der Waals surface area contributed by atoms with Crippen LogP contribution in [0.3, 0.4) is 0 Å². The molecular formula is C20H28O3. The van der Waals surface area contributed by atoms with Crippen molar-refractivity contribution in [1.29, 1.82) is 0 Å². The normalized spacial score (nSPS) is 48.7. The fourth-order valence-corrected chi connectivity index (χ4v) is 6.54. The number of allylic oxidation sites excluding steroid dienone is 2. The molecule has 0 bridgehead atoms. The Hall–Kier alpha value is -1.09. The van der Waals surface area contributed by atoms with E-state index in [0.717, 1.165) is 44.9 Å². The zero-order valence-electron chi connectivity index (χ0n) is 14.2. The van der Waals surface area contributed by atoms with Gasteiger partial charge in [-0.25, -0.2) is 4.79 Å². The number of carboxylic acid groups (broad SMARTS) is 1. The number of hydrogen-bond acceptors (Lipinski definition) is 2. The molecule has 0 saturated heterocycles. The molecule has 3 heteroatoms. The van der Waals surface area contributed by atoms with Crippen LogP contribution in [0.2, 0.25) is 0 Å². The number of aliphatic hydroxyl groups excluding tert-OH is 1. The van der Waals surface area contributed by atoms with E-state index in [9.17, 15) is 15.0 Å². The van der Waals surface area contributed by atoms with Crippen LogP contribution in [0.15, 0.2) is 23.3 Å². The average molecular weight is 316 g/mol. The Morgan fingerprint density at radius 2 is 1.83 bits per heavy atom. The van der Waals surface area contributed by atoms with E-state index in [-0.39, 0.29) is 16.9 Å². The summed E-state index contributed by atoms with van der Waals surface area (Å²) in [7, 11) is 0. The number of carboxylic acids is 1. The van der Waals surface area contributed by atoms with Crippen molar-refractivity contribution < 1.29 is 15.0 Å². The first-order chi connectivity index (χ1) is 10.9. The molecule has 0 aliphatic heterocycles. The van der Waals surface area contributed by atoms with Crippen LogP contribution in [0.5, 0.6) is 0 Å². The number of carbonyl (C=O) groups is 1. The smallest absolute Gasteiger partial charge is 0.331 e. The van der Waals surface area contributed by atoms with Gasteiger partial charge in [0.1, 0.15) is 0 Å². The molecule has 2 N–H and O–H groups in total. The van der Waals surface area contributed by atoms with Crippen LogP contribution >= 0.6 is 0 Å². The second-order valence-electron chi connectivity index (χ2n) is 8.77. The van der Waals surface area contributed by atoms with Crippen molar-refractivity contribution >= 4 is 5.97 Å². The maximum absolute atomic E-state index is 11.6. The van der Waals surface area contributed by atoms with E-state index >= 15 is 0 Å². The van der Waals surface area contributed by atoms with Crippen molar-refractivity contribution in [2.75, 3.05) is 0 Å². The largest absolute Gasteiger partial charge is 0.478 e. The van der Waals surface area contributed by atoms with Gasteiger partial charge in [0.25, 0.3) is 0 Å². The van der Waals surface area contributed by atoms with Gasteiger partial charge in [-0.15, -0.1) is 0 Å². The SMILES string of the molecule is C[C@]12CC[C@H](O)CC1=CC[C@@H]1[C@@H]2CC[C@@]2(C)C(C(=O)O)=CC[C@@H]12. The Balaban J connectivity index is 1.67. The highest BCUT2D eigenvalue weighted by Crippen LogP contribution is 2.64. The van der Waals surface area contributed by atoms with Crippen molar-refractivity contribution in [1.82, 2.24) is 0 Å². The van der Waals surface area contributed by atoms with Crippen molar-refractivity contribution in [3.05, 3.63) is 23.3 Å². The van der Waals surface area contributed by atoms with Gasteiger partial charge in [-0.2, -0.15) is 0 Å². The molecule has 2 saturated carbocycles. The second kappa shape index (κ2) is 4.95. The predicted molar refractivity (Wildman–Crippen MR) is 88.8 cm³/mol. The predicted octanol–water partition coefficient (Wildman–Crippen LogP) is 3.93. The van der Waals surface area contributed by atoms with E-state index in [1.165, 1.54) is 5.57 Å². The first-order valence-electron chi connectivity index (χ1n) is 9.18. The van der Waals surface area contributed by atoms with Gasteiger partial charge in [-0.3, -0.25) is 0 Å². The third-order valence-corrected chi connectivity index (χ3v) is 7.89. The number of aliphatic carboxylic acids is 1. The maximum atomic E-state index is 11.6. The summed E-state index contributed by atoms with van der Waals surface area (Å²) >= 11 is 0. The van der Waals surface area contributed by atoms with Gasteiger partial charge in [0, 0.05) is 11.0 Å². The molecule has 0 radical (unpaired) electrons. The average Bonchev–Trinajstić information content (AvgIpc) is 2.85. The lowest BCUT2D eigenvalue weighted by atomic mass is 9.47. The van der Waals surface area contributed by atoms with Gasteiger partial charge in [-0.1, -0.05) is 31.6 Å². The van der Waals surface area contributed by atoms with Crippen molar-refractivity contribution in [2.24, 2.45) is 28.6 Å². The summed E-state index contributed by atoms with van der Waals surface area (Å²) < 4.78 is 0. The van der Waals surface area contributed by atoms with E-state index in [1.807, 2.05) is 6.08 Å². The van der Waals surface area contributed by atoms with Crippen LogP contribution in [0.25, 0.3) is 0 Å². The molecule has 4 rings (SSSR count). The fourth-order valence-electron chi connectivity index (χ4n) is 6.54. The number of aliphatic hydroxyl groups is 1. The minimum absolute atomic E-state index is 0.136. The molecule has 6 atom stereocenters. The molecular weight excluding hydrogens is 288 g/mol. The third kappa shape index (κ3) is 2.02. The lowest BCUT2D eigenvalue weighted by Crippen LogP contribution is -2.50. The summed E-state index contributed by atoms with van der Waals surface area (Å²) in [6, 6.07) is 0. The molecule has 0 heterocycles. The number of hydrogen-bond donors (Lipinski definition) is 2. The molecule has 126 valence electrons. The van der Waals surface area contributed by atoms with E-state index in [4.69, 9.17) is 0 Å². The minimum atomic E-state index is -0.715. The van der Waals surface area contributed by atoms with E-state index in [1.54, 1.807) is 0 Å². The molecule has 2 fully saturated rings. The molecule has 0 unspecified atom stereocenters. The highest BCUT2D eigenvalue weighted by molar-refractivity contribution is 5.89. The molecule has 0 aromatic heterocycles. The van der Waals surface area contributed by atoms with Gasteiger partial charge >= 0.3 is 5.97 Å². The summed E-state index contributed by atoms with van der Waals surface area (Å²) in [5.41, 5.74) is 2.24. The monoisotopic (exact) mass is 316 g/mol. The van der Waals surface area contributed by atoms with Crippen LogP contribution in [0.4, 0.5) is 0 Å². The van der Waals surface area contributed by atoms with Gasteiger partial charge in [0.2, 0.25) is 0 Å². The summed E-state index contributed by atoms with van der Waals surface area (Å²) in [5, 5.41) is 19.6. The maximum Gasteiger partial charge on any atom is 0.331 e. The van der Waals surface area contributed by atoms with Crippen LogP contribution in [0, 0.1) is 28.6 Å². The highest BCUT2D eigenvalue weighted by atomic mass is 16.4. The molecule has 4 aliphatic carbocycles. The zero-order chi connectivity index (χ0) is 16.4. The Morgan fingerprint density at radius 1 is 1.09 bits per heavy atom. The minimum Gasteiger partial charge on any atom is -0.478 e. The van der Waals surface area contributed by atoms with Crippen LogP contribution < -0.4 is 0 Å². The molecule has 23 heavy (non-hydrogen) atoms. The molecule has 4 aliphatic rings. The van der Waals surface area contributed by atoms with Crippen LogP contribution in [-0.2, 0) is 4.79 Å². The first-order valence-corrected chi connectivity index (χ1v) is 9.18. The molecule has 0 aromatic rings. The lowest BCUT2D eigenvalue weighted by molar-refractivity contribution is -0.135. The summed E-state index contributed by atoms with van der Waals surface area (Å²) in [4.78, 5) is 11.6. The summed E-state index contributed by atoms with van der Waals surface area (Å²) in [5.74, 6) is 1.03. The van der Waals surface area contributed by atoms with Crippen molar-refractivity contribution in [2.45, 2.75) is 64.9 Å². The Bertz CT molecular complexity index is 604. The summed E-state index contributed by atoms with van der Waals surface area (Å²) in [6.45, 7) is 4.59. The Morgan fingerprint density at radius 3 is 2.57 bits per heavy atom. The number of fused-ring (bicyclic) bond motifs is 5. The van der Waals surface area contributed by atoms with E-state index in [0.29, 0.717) is 23.3 Å². The highest BCUT2D eigenvalue weighted by Gasteiger charge is 2.57. The lowest BCUT2D eigenvalue weighted by Gasteiger charge is -2.57. The van der Waals surface area contributed by atoms with Gasteiger partial charge in [0.05, 0.1) is 6.10 Å². The van der Waals surface area contributed by atoms with Gasteiger partial charge in [-0.05, 0) is 68.1 Å². The summed E-state index contributed by atoms with van der Waals surface area (Å²) in [6.07, 6.45) is 11.2. The Labute approximate surface area is 138 Å². The molecule has 0 aromatic carbocycles. The topological polar surface area (TPSA) is 57.5 Å². The van der Waals surface area contributed by atoms with Gasteiger partial charge < -0.3 is 10.2 Å². The van der Waals surface area contributed by atoms with Crippen molar-refractivity contribution in [3.63, 3.8) is 0 Å². The molecule has 3 nitrogen and oxygen atoms in total. The fraction of sp³-hybridized carbons (Fsp3) is 0.750. The molecule has 0 amide bonds. The van der Waals surface area contributed by atoms with E-state index < -0.39 is 5.97 Å². The first kappa shape index (κ1) is 15.4. The zero-order valence-corrected chi connectivity index (χ0v) is 14.2. The third-order valence-electron chi connectivity index (χ3n) is 7.89. The van der Waals surface area contributed by atoms with E-state index in [2.05, 4.69) is 19.9 Å². The quantitative estimate of drug-likeness (QED) is 0.721. The van der Waals surface area contributed by atoms with Gasteiger partial charge in [0.15, 0.2) is 0 Å². The Kier molecular flexibility index (Phi) is 3.32. The van der Waals surface area contributed by atoms with Crippen molar-refractivity contribution in [3.8, 4) is 0 Å². The van der Waals surface area contributed by atoms with Crippen LogP contribution in [0.1, 0.15) is 58.8 Å². The number of rotatable bonds is 1. The van der Waals surface area contributed by atoms with Crippen LogP contribution in [-0.4, -0.2) is 22.3 Å². The standard InChI is InChI=1S/C20H28O3/c1-19-9-7-13(21)11-12(19)3-4-14-15-5-6-17(18(22)23)20(15,2)10-8-16(14)19/h3,6,13-16,21H,4-5,7-11H2,1-2H3,(H,22,23)/t13-,14-,15-,16-,19-,20+/m0/s1.